The van der Waals surface area contributed by atoms with E-state index in [0.717, 1.165) is 11.1 Å². The van der Waals surface area contributed by atoms with E-state index in [1.54, 1.807) is 24.3 Å². The Kier molecular flexibility index (Phi) is 3.73. The normalized spacial score (nSPS) is 15.4. The molecule has 0 unspecified atom stereocenters. The molecular weight excluding hydrogens is 613 g/mol. The second-order valence-electron chi connectivity index (χ2n) is 11.9. The summed E-state index contributed by atoms with van der Waals surface area (Å²) in [6.07, 6.45) is 0. The van der Waals surface area contributed by atoms with Gasteiger partial charge < -0.3 is 8.82 Å². The zero-order valence-electron chi connectivity index (χ0n) is 37.8. The zero-order chi connectivity index (χ0) is 43.2. The number of benzene rings is 7. The molecule has 4 aromatic heterocycles. The van der Waals surface area contributed by atoms with E-state index in [1.165, 1.54) is 4.40 Å². The number of fused-ring (bicyclic) bond motifs is 10. The van der Waals surface area contributed by atoms with Crippen LogP contribution in [0.5, 0.6) is 0 Å². The zero-order valence-corrected chi connectivity index (χ0v) is 25.8. The third kappa shape index (κ3) is 3.92. The van der Waals surface area contributed by atoms with Gasteiger partial charge in [-0.25, -0.2) is 15.0 Å². The van der Waals surface area contributed by atoms with Crippen molar-refractivity contribution in [3.05, 3.63) is 157 Å². The molecule has 5 nitrogen and oxygen atoms in total. The highest BCUT2D eigenvalue weighted by atomic mass is 16.3. The molecule has 7 aromatic carbocycles. The van der Waals surface area contributed by atoms with Gasteiger partial charge in [0.05, 0.1) is 38.4 Å². The molecule has 0 radical (unpaired) electrons. The Labute approximate surface area is 302 Å². The maximum Gasteiger partial charge on any atom is 0.164 e. The van der Waals surface area contributed by atoms with Crippen molar-refractivity contribution in [2.45, 2.75) is 0 Å². The summed E-state index contributed by atoms with van der Waals surface area (Å²) in [5, 5.41) is 0.0170. The summed E-state index contributed by atoms with van der Waals surface area (Å²) in [5.74, 6) is 1.18. The van der Waals surface area contributed by atoms with Crippen molar-refractivity contribution >= 4 is 60.0 Å². The molecule has 0 bridgehead atoms. The van der Waals surface area contributed by atoms with Crippen LogP contribution in [0, 0.1) is 0 Å². The molecule has 0 fully saturated rings. The molecule has 11 aromatic rings. The van der Waals surface area contributed by atoms with Gasteiger partial charge in [0.15, 0.2) is 17.5 Å². The topological polar surface area (TPSA) is 56.2 Å². The van der Waals surface area contributed by atoms with Gasteiger partial charge in [0.25, 0.3) is 0 Å². The molecule has 0 amide bonds. The third-order valence-corrected chi connectivity index (χ3v) is 9.03. The molecule has 50 heavy (non-hydrogen) atoms. The molecule has 0 aliphatic carbocycles. The van der Waals surface area contributed by atoms with E-state index < -0.39 is 48.3 Å². The van der Waals surface area contributed by atoms with Gasteiger partial charge in [-0.15, -0.1) is 0 Å². The quantitative estimate of drug-likeness (QED) is 0.190. The highest BCUT2D eigenvalue weighted by Gasteiger charge is 2.23. The molecule has 5 heteroatoms. The largest absolute Gasteiger partial charge is 0.455 e. The lowest BCUT2D eigenvalue weighted by Crippen LogP contribution is -2.00. The Morgan fingerprint density at radius 2 is 1.10 bits per heavy atom. The maximum absolute atomic E-state index is 9.86. The van der Waals surface area contributed by atoms with Gasteiger partial charge in [0.2, 0.25) is 0 Å². The van der Waals surface area contributed by atoms with Crippen LogP contribution in [0.15, 0.2) is 162 Å². The van der Waals surface area contributed by atoms with Crippen molar-refractivity contribution in [2.75, 3.05) is 0 Å². The molecule has 0 spiro atoms. The van der Waals surface area contributed by atoms with Gasteiger partial charge in [-0.1, -0.05) is 121 Å². The first-order valence-electron chi connectivity index (χ1n) is 21.8. The van der Waals surface area contributed by atoms with Crippen LogP contribution < -0.4 is 0 Å². The summed E-state index contributed by atoms with van der Waals surface area (Å²) in [6.45, 7) is 0. The van der Waals surface area contributed by atoms with Crippen LogP contribution in [0.2, 0.25) is 0 Å². The number of nitrogens with zero attached hydrogens (tertiary/aromatic N) is 4. The summed E-state index contributed by atoms with van der Waals surface area (Å²) in [7, 11) is 0. The summed E-state index contributed by atoms with van der Waals surface area (Å²) in [4.78, 5) is 14.5. The highest BCUT2D eigenvalue weighted by molar-refractivity contribution is 6.32. The number of rotatable bonds is 4. The molecular formula is C45H26N4O. The molecule has 0 saturated heterocycles. The summed E-state index contributed by atoms with van der Waals surface area (Å²) in [5.41, 5.74) is 2.15. The second-order valence-corrected chi connectivity index (χ2v) is 11.9. The summed E-state index contributed by atoms with van der Waals surface area (Å²) >= 11 is 0. The van der Waals surface area contributed by atoms with Crippen LogP contribution in [0.1, 0.15) is 16.4 Å². The minimum atomic E-state index is -0.565. The lowest BCUT2D eigenvalue weighted by Gasteiger charge is -2.10. The first kappa shape index (κ1) is 18.1. The molecule has 4 heterocycles. The van der Waals surface area contributed by atoms with E-state index in [0.29, 0.717) is 28.6 Å². The standard InChI is InChI=1S/C45H26N4O/c1-3-12-27(13-4-1)43-46-44(28-14-5-2-6-15-28)48-45(47-43)31-17-11-16-29(24-31)30-22-23-38-34(25-30)35-26-36-32-18-8-10-21-39(32)50-42(36)40-33-19-7-9-20-37(33)49(38)41(35)40/h1-26H/i7D,8D,9D,10D,18D,19D,20D,21D,22D,23D,25D,26D. The van der Waals surface area contributed by atoms with Crippen molar-refractivity contribution in [2.24, 2.45) is 0 Å². The number of hydrogen-bond acceptors (Lipinski definition) is 4. The molecule has 0 saturated carbocycles. The van der Waals surface area contributed by atoms with Gasteiger partial charge in [-0.05, 0) is 47.4 Å². The minimum absolute atomic E-state index is 0.0199. The third-order valence-electron chi connectivity index (χ3n) is 9.03. The highest BCUT2D eigenvalue weighted by Crippen LogP contribution is 2.46. The van der Waals surface area contributed by atoms with Gasteiger partial charge in [-0.2, -0.15) is 0 Å². The van der Waals surface area contributed by atoms with Crippen LogP contribution in [-0.2, 0) is 0 Å². The Morgan fingerprint density at radius 3 is 1.86 bits per heavy atom. The molecule has 0 N–H and O–H groups in total. The van der Waals surface area contributed by atoms with E-state index in [-0.39, 0.29) is 89.8 Å². The maximum atomic E-state index is 9.86. The minimum Gasteiger partial charge on any atom is -0.455 e. The average molecular weight is 651 g/mol. The molecule has 0 atom stereocenters. The van der Waals surface area contributed by atoms with Crippen molar-refractivity contribution < 1.29 is 20.9 Å². The van der Waals surface area contributed by atoms with Crippen molar-refractivity contribution in [3.63, 3.8) is 0 Å². The fourth-order valence-electron chi connectivity index (χ4n) is 6.80. The molecule has 0 aliphatic heterocycles. The lowest BCUT2D eigenvalue weighted by molar-refractivity contribution is 0.673. The second kappa shape index (κ2) is 10.3. The monoisotopic (exact) mass is 650 g/mol. The average Bonchev–Trinajstić information content (AvgIpc) is 3.98. The number of hydrogen-bond donors (Lipinski definition) is 0. The molecule has 232 valence electrons. The first-order valence-corrected chi connectivity index (χ1v) is 15.8. The fraction of sp³-hybridized carbons (Fsp3) is 0. The Balaban J connectivity index is 1.26. The first-order chi connectivity index (χ1) is 29.8. The Hall–Kier alpha value is -6.85. The summed E-state index contributed by atoms with van der Waals surface area (Å²) in [6, 6.07) is 20.4. The van der Waals surface area contributed by atoms with E-state index in [2.05, 4.69) is 0 Å². The fourth-order valence-corrected chi connectivity index (χ4v) is 6.80. The number of furan rings is 1. The van der Waals surface area contributed by atoms with E-state index >= 15 is 0 Å². The Bertz CT molecular complexity index is 3720. The van der Waals surface area contributed by atoms with Gasteiger partial charge in [-0.3, -0.25) is 0 Å². The predicted molar refractivity (Wildman–Crippen MR) is 204 cm³/mol. The van der Waals surface area contributed by atoms with E-state index in [9.17, 15) is 5.48 Å². The number of para-hydroxylation sites is 2. The van der Waals surface area contributed by atoms with Crippen LogP contribution in [-0.4, -0.2) is 19.4 Å². The SMILES string of the molecule is [2H]c1c([2H])c([2H])c2c(oc3c2c([2H])c2c4c([2H])c(-c5cccc(-c6nc(-c7ccccc7)nc(-c7ccccc7)n6)c5)c([2H])c([2H])c4n4c5c([2H])c([2H])c([2H])c([2H])c5c3c24)c1[2H]. The summed E-state index contributed by atoms with van der Waals surface area (Å²) < 4.78 is 116. The van der Waals surface area contributed by atoms with Crippen molar-refractivity contribution in [1.82, 2.24) is 19.4 Å². The van der Waals surface area contributed by atoms with Crippen LogP contribution in [0.25, 0.3) is 105 Å². The van der Waals surface area contributed by atoms with Crippen LogP contribution in [0.3, 0.4) is 0 Å². The van der Waals surface area contributed by atoms with Gasteiger partial charge in [0.1, 0.15) is 11.2 Å². The number of aromatic nitrogens is 4. The van der Waals surface area contributed by atoms with E-state index in [1.807, 2.05) is 60.7 Å². The lowest BCUT2D eigenvalue weighted by atomic mass is 9.99. The predicted octanol–water partition coefficient (Wildman–Crippen LogP) is 11.6. The molecule has 11 rings (SSSR count). The molecule has 0 aliphatic rings. The van der Waals surface area contributed by atoms with Crippen LogP contribution in [0.4, 0.5) is 0 Å². The van der Waals surface area contributed by atoms with E-state index in [4.69, 9.17) is 30.3 Å². The van der Waals surface area contributed by atoms with Crippen LogP contribution >= 0.6 is 0 Å². The smallest absolute Gasteiger partial charge is 0.164 e. The Morgan fingerprint density at radius 1 is 0.480 bits per heavy atom. The van der Waals surface area contributed by atoms with Gasteiger partial charge >= 0.3 is 0 Å². The van der Waals surface area contributed by atoms with Crippen molar-refractivity contribution in [1.29, 1.82) is 0 Å². The van der Waals surface area contributed by atoms with Gasteiger partial charge in [0, 0.05) is 43.6 Å². The van der Waals surface area contributed by atoms with Crippen molar-refractivity contribution in [3.8, 4) is 45.3 Å².